The number of carboxylic acids is 1. The summed E-state index contributed by atoms with van der Waals surface area (Å²) in [5.74, 6) is -2.11. The van der Waals surface area contributed by atoms with Crippen molar-refractivity contribution in [3.63, 3.8) is 0 Å². The van der Waals surface area contributed by atoms with Crippen molar-refractivity contribution in [2.75, 3.05) is 0 Å². The van der Waals surface area contributed by atoms with Gasteiger partial charge in [-0.15, -0.1) is 0 Å². The number of carboxylic acid groups (broad SMARTS) is 1. The minimum atomic E-state index is -5.86. The van der Waals surface area contributed by atoms with E-state index in [-0.39, 0.29) is 24.8 Å². The minimum absolute atomic E-state index is 0.0148. The highest BCUT2D eigenvalue weighted by molar-refractivity contribution is 7.87. The molecule has 0 fully saturated rings. The van der Waals surface area contributed by atoms with E-state index < -0.39 is 45.5 Å². The Bertz CT molecular complexity index is 760. The molecule has 0 aromatic heterocycles. The third kappa shape index (κ3) is 9.50. The fourth-order valence-electron chi connectivity index (χ4n) is 3.58. The third-order valence-corrected chi connectivity index (χ3v) is 6.28. The van der Waals surface area contributed by atoms with E-state index in [9.17, 15) is 36.6 Å². The lowest BCUT2D eigenvalue weighted by molar-refractivity contribution is -0.137. The second kappa shape index (κ2) is 13.2. The van der Waals surface area contributed by atoms with Crippen LogP contribution in [0.25, 0.3) is 0 Å². The number of carbonyl (C=O) groups is 1. The largest absolute Gasteiger partial charge is 0.534 e. The van der Waals surface area contributed by atoms with E-state index in [1.54, 1.807) is 0 Å². The maximum atomic E-state index is 12.8. The Morgan fingerprint density at radius 3 is 2.44 bits per heavy atom. The van der Waals surface area contributed by atoms with Gasteiger partial charge in [0.2, 0.25) is 0 Å². The van der Waals surface area contributed by atoms with Gasteiger partial charge in [0.15, 0.2) is 0 Å². The molecule has 0 aromatic rings. The normalized spacial score (nSPS) is 20.8. The molecule has 0 amide bonds. The number of alkyl halides is 3. The fourth-order valence-corrected chi connectivity index (χ4v) is 4.11. The maximum Gasteiger partial charge on any atom is 0.534 e. The van der Waals surface area contributed by atoms with Gasteiger partial charge in [0.05, 0.1) is 12.2 Å². The van der Waals surface area contributed by atoms with Crippen molar-refractivity contribution in [1.29, 1.82) is 0 Å². The molecule has 3 atom stereocenters. The SMILES string of the molecule is CCCCC[C@H](O)C=C[C@@H]1C(CCCCCCC(=O)O)=C(OS(=O)(=O)C(F)(F)F)C[C@H]1O. The van der Waals surface area contributed by atoms with E-state index in [1.807, 2.05) is 6.92 Å². The van der Waals surface area contributed by atoms with Gasteiger partial charge in [-0.25, -0.2) is 0 Å². The van der Waals surface area contributed by atoms with Gasteiger partial charge in [-0.2, -0.15) is 21.6 Å². The number of aliphatic hydroxyl groups is 2. The van der Waals surface area contributed by atoms with Gasteiger partial charge in [0.25, 0.3) is 0 Å². The zero-order valence-electron chi connectivity index (χ0n) is 18.2. The number of aliphatic carboxylic acids is 1. The van der Waals surface area contributed by atoms with Gasteiger partial charge in [0, 0.05) is 18.8 Å². The Morgan fingerprint density at radius 2 is 1.84 bits per heavy atom. The van der Waals surface area contributed by atoms with Crippen molar-refractivity contribution < 1.29 is 45.9 Å². The van der Waals surface area contributed by atoms with Gasteiger partial charge in [0.1, 0.15) is 5.76 Å². The number of hydrogen-bond acceptors (Lipinski definition) is 6. The predicted molar refractivity (Wildman–Crippen MR) is 112 cm³/mol. The van der Waals surface area contributed by atoms with Gasteiger partial charge in [-0.3, -0.25) is 4.79 Å². The summed E-state index contributed by atoms with van der Waals surface area (Å²) in [4.78, 5) is 10.6. The number of unbranched alkanes of at least 4 members (excludes halogenated alkanes) is 5. The molecule has 3 N–H and O–H groups in total. The van der Waals surface area contributed by atoms with Gasteiger partial charge < -0.3 is 19.5 Å². The van der Waals surface area contributed by atoms with Crippen LogP contribution < -0.4 is 0 Å². The van der Waals surface area contributed by atoms with Crippen LogP contribution in [0.3, 0.4) is 0 Å². The van der Waals surface area contributed by atoms with E-state index in [4.69, 9.17) is 5.11 Å². The standard InChI is InChI=1S/C21H33F3O7S/c1-2-3-6-9-15(25)12-13-16-17(10-7-4-5-8-11-20(27)28)19(14-18(16)26)31-32(29,30)21(22,23)24/h12-13,15-16,18,25-26H,2-11,14H2,1H3,(H,27,28)/t15-,16+,18+/m0/s1. The summed E-state index contributed by atoms with van der Waals surface area (Å²) < 4.78 is 65.6. The van der Waals surface area contributed by atoms with Crippen LogP contribution in [0.2, 0.25) is 0 Å². The molecule has 0 bridgehead atoms. The molecule has 0 radical (unpaired) electrons. The molecule has 32 heavy (non-hydrogen) atoms. The molecular formula is C21H33F3O7S. The van der Waals surface area contributed by atoms with Crippen molar-refractivity contribution in [3.05, 3.63) is 23.5 Å². The molecule has 1 aliphatic rings. The van der Waals surface area contributed by atoms with Crippen LogP contribution in [0, 0.1) is 5.92 Å². The lowest BCUT2D eigenvalue weighted by Crippen LogP contribution is -2.25. The van der Waals surface area contributed by atoms with Crippen LogP contribution in [0.1, 0.15) is 77.6 Å². The van der Waals surface area contributed by atoms with Crippen molar-refractivity contribution in [2.24, 2.45) is 5.92 Å². The predicted octanol–water partition coefficient (Wildman–Crippen LogP) is 4.41. The Kier molecular flexibility index (Phi) is 11.7. The summed E-state index contributed by atoms with van der Waals surface area (Å²) in [6.45, 7) is 2.02. The van der Waals surface area contributed by atoms with Crippen LogP contribution in [-0.2, 0) is 19.1 Å². The number of halogens is 3. The molecule has 1 rings (SSSR count). The first-order valence-electron chi connectivity index (χ1n) is 10.9. The smallest absolute Gasteiger partial charge is 0.481 e. The highest BCUT2D eigenvalue weighted by Crippen LogP contribution is 2.40. The van der Waals surface area contributed by atoms with E-state index in [2.05, 4.69) is 4.18 Å². The number of hydrogen-bond donors (Lipinski definition) is 3. The Balaban J connectivity index is 2.94. The number of rotatable bonds is 15. The molecule has 0 saturated carbocycles. The molecule has 0 heterocycles. The van der Waals surface area contributed by atoms with E-state index in [0.29, 0.717) is 32.1 Å². The van der Waals surface area contributed by atoms with Crippen LogP contribution in [-0.4, -0.2) is 47.4 Å². The molecule has 11 heteroatoms. The molecule has 186 valence electrons. The highest BCUT2D eigenvalue weighted by atomic mass is 32.2. The van der Waals surface area contributed by atoms with Crippen LogP contribution in [0.5, 0.6) is 0 Å². The second-order valence-electron chi connectivity index (χ2n) is 7.98. The first kappa shape index (κ1) is 28.4. The molecule has 0 spiro atoms. The van der Waals surface area contributed by atoms with Crippen LogP contribution in [0.4, 0.5) is 13.2 Å². The molecule has 0 unspecified atom stereocenters. The lowest BCUT2D eigenvalue weighted by atomic mass is 9.93. The van der Waals surface area contributed by atoms with Crippen LogP contribution >= 0.6 is 0 Å². The lowest BCUT2D eigenvalue weighted by Gasteiger charge is -2.16. The van der Waals surface area contributed by atoms with Gasteiger partial charge in [-0.1, -0.05) is 51.2 Å². The quantitative estimate of drug-likeness (QED) is 0.136. The van der Waals surface area contributed by atoms with E-state index >= 15 is 0 Å². The summed E-state index contributed by atoms with van der Waals surface area (Å²) in [5, 5.41) is 29.1. The molecule has 0 aromatic carbocycles. The summed E-state index contributed by atoms with van der Waals surface area (Å²) >= 11 is 0. The summed E-state index contributed by atoms with van der Waals surface area (Å²) in [6.07, 6.45) is 6.15. The average molecular weight is 487 g/mol. The zero-order chi connectivity index (χ0) is 24.4. The fraction of sp³-hybridized carbons (Fsp3) is 0.762. The zero-order valence-corrected chi connectivity index (χ0v) is 19.0. The van der Waals surface area contributed by atoms with Gasteiger partial charge >= 0.3 is 21.6 Å². The molecule has 0 saturated heterocycles. The maximum absolute atomic E-state index is 12.8. The molecular weight excluding hydrogens is 453 g/mol. The first-order valence-corrected chi connectivity index (χ1v) is 12.3. The summed E-state index contributed by atoms with van der Waals surface area (Å²) in [7, 11) is -5.86. The average Bonchev–Trinajstić information content (AvgIpc) is 2.95. The van der Waals surface area contributed by atoms with Crippen molar-refractivity contribution >= 4 is 16.1 Å². The Labute approximate surface area is 187 Å². The van der Waals surface area contributed by atoms with Crippen LogP contribution in [0.15, 0.2) is 23.5 Å². The Morgan fingerprint density at radius 1 is 1.19 bits per heavy atom. The van der Waals surface area contributed by atoms with Gasteiger partial charge in [-0.05, 0) is 31.3 Å². The monoisotopic (exact) mass is 486 g/mol. The first-order chi connectivity index (χ1) is 14.9. The van der Waals surface area contributed by atoms with Crippen molar-refractivity contribution in [3.8, 4) is 0 Å². The summed E-state index contributed by atoms with van der Waals surface area (Å²) in [5.41, 5.74) is -5.34. The van der Waals surface area contributed by atoms with E-state index in [1.165, 1.54) is 12.2 Å². The van der Waals surface area contributed by atoms with E-state index in [0.717, 1.165) is 19.3 Å². The molecule has 0 aliphatic heterocycles. The third-order valence-electron chi connectivity index (χ3n) is 5.29. The van der Waals surface area contributed by atoms with Crippen molar-refractivity contribution in [1.82, 2.24) is 0 Å². The second-order valence-corrected chi connectivity index (χ2v) is 9.52. The van der Waals surface area contributed by atoms with Crippen molar-refractivity contribution in [2.45, 2.75) is 95.3 Å². The topological polar surface area (TPSA) is 121 Å². The Hall–Kier alpha value is -1.59. The molecule has 1 aliphatic carbocycles. The minimum Gasteiger partial charge on any atom is -0.481 e. The molecule has 7 nitrogen and oxygen atoms in total. The number of aliphatic hydroxyl groups excluding tert-OH is 2. The highest BCUT2D eigenvalue weighted by Gasteiger charge is 2.50. The summed E-state index contributed by atoms with van der Waals surface area (Å²) in [6, 6.07) is 0.